The molecule has 0 N–H and O–H groups in total. The highest BCUT2D eigenvalue weighted by Crippen LogP contribution is 2.39. The van der Waals surface area contributed by atoms with E-state index in [-0.39, 0.29) is 44.5 Å². The molecule has 47 heavy (non-hydrogen) atoms. The number of hydrogen-bond donors (Lipinski definition) is 0. The summed E-state index contributed by atoms with van der Waals surface area (Å²) < 4.78 is 10.3. The molecule has 246 valence electrons. The van der Waals surface area contributed by atoms with Crippen molar-refractivity contribution in [1.29, 1.82) is 5.26 Å². The Morgan fingerprint density at radius 1 is 1.15 bits per heavy atom. The summed E-state index contributed by atoms with van der Waals surface area (Å²) in [5, 5.41) is 10.1. The first kappa shape index (κ1) is 33.9. The van der Waals surface area contributed by atoms with Gasteiger partial charge in [0, 0.05) is 32.2 Å². The number of thioether (sulfide) groups is 1. The van der Waals surface area contributed by atoms with Crippen LogP contribution in [0.1, 0.15) is 61.9 Å². The SMILES string of the molecule is CCCCn1c(N2CCCC(C(=O)OCC)C2)c(C=C2SC(=S)N(c3c(C)n(C)n(-c4ccccc4)c3=O)C2=O)c(C)c(C#N)c1=O. The van der Waals surface area contributed by atoms with Crippen molar-refractivity contribution in [2.75, 3.05) is 29.5 Å². The van der Waals surface area contributed by atoms with Gasteiger partial charge in [0.1, 0.15) is 23.1 Å². The zero-order valence-electron chi connectivity index (χ0n) is 27.2. The fraction of sp³-hybridized carbons (Fsp3) is 0.412. The van der Waals surface area contributed by atoms with Crippen LogP contribution in [0.5, 0.6) is 0 Å². The van der Waals surface area contributed by atoms with E-state index in [1.54, 1.807) is 43.1 Å². The van der Waals surface area contributed by atoms with Gasteiger partial charge < -0.3 is 9.64 Å². The van der Waals surface area contributed by atoms with Gasteiger partial charge >= 0.3 is 5.97 Å². The highest BCUT2D eigenvalue weighted by Gasteiger charge is 2.39. The van der Waals surface area contributed by atoms with Gasteiger partial charge in [0.25, 0.3) is 17.0 Å². The first-order chi connectivity index (χ1) is 22.5. The smallest absolute Gasteiger partial charge is 0.310 e. The van der Waals surface area contributed by atoms with Gasteiger partial charge in [-0.05, 0) is 63.8 Å². The van der Waals surface area contributed by atoms with Crippen LogP contribution in [0.25, 0.3) is 11.8 Å². The molecule has 0 saturated carbocycles. The number of para-hydroxylation sites is 1. The molecule has 0 bridgehead atoms. The molecule has 13 heteroatoms. The Hall–Kier alpha value is -4.41. The van der Waals surface area contributed by atoms with Gasteiger partial charge in [-0.15, -0.1) is 0 Å². The van der Waals surface area contributed by atoms with Crippen molar-refractivity contribution in [3.05, 3.63) is 78.3 Å². The van der Waals surface area contributed by atoms with E-state index >= 15 is 0 Å². The number of nitriles is 1. The van der Waals surface area contributed by atoms with E-state index in [0.717, 1.165) is 18.2 Å². The average molecular weight is 675 g/mol. The minimum atomic E-state index is -0.468. The number of unbranched alkanes of at least 4 members (excludes halogenated alkanes) is 1. The van der Waals surface area contributed by atoms with Crippen molar-refractivity contribution >= 4 is 57.8 Å². The van der Waals surface area contributed by atoms with Crippen molar-refractivity contribution in [2.45, 2.75) is 59.9 Å². The van der Waals surface area contributed by atoms with Crippen LogP contribution in [0.4, 0.5) is 11.5 Å². The molecule has 1 aromatic carbocycles. The average Bonchev–Trinajstić information content (AvgIpc) is 3.46. The van der Waals surface area contributed by atoms with Crippen molar-refractivity contribution in [2.24, 2.45) is 13.0 Å². The zero-order valence-corrected chi connectivity index (χ0v) is 28.9. The first-order valence-electron chi connectivity index (χ1n) is 15.8. The van der Waals surface area contributed by atoms with Crippen molar-refractivity contribution in [3.63, 3.8) is 0 Å². The van der Waals surface area contributed by atoms with E-state index in [2.05, 4.69) is 6.07 Å². The second-order valence-corrected chi connectivity index (χ2v) is 13.3. The molecule has 1 amide bonds. The third-order valence-electron chi connectivity index (χ3n) is 8.74. The number of rotatable bonds is 9. The predicted molar refractivity (Wildman–Crippen MR) is 188 cm³/mol. The number of thiocarbonyl (C=S) groups is 1. The van der Waals surface area contributed by atoms with E-state index < -0.39 is 11.5 Å². The van der Waals surface area contributed by atoms with E-state index in [0.29, 0.717) is 67.2 Å². The molecule has 2 aromatic heterocycles. The lowest BCUT2D eigenvalue weighted by Crippen LogP contribution is -2.43. The van der Waals surface area contributed by atoms with Crippen LogP contribution >= 0.6 is 24.0 Å². The summed E-state index contributed by atoms with van der Waals surface area (Å²) in [7, 11) is 1.75. The number of benzene rings is 1. The fourth-order valence-electron chi connectivity index (χ4n) is 6.23. The summed E-state index contributed by atoms with van der Waals surface area (Å²) in [5.41, 5.74) is 1.55. The second kappa shape index (κ2) is 14.1. The van der Waals surface area contributed by atoms with Gasteiger partial charge in [-0.3, -0.25) is 33.3 Å². The summed E-state index contributed by atoms with van der Waals surface area (Å²) in [4.78, 5) is 58.0. The Morgan fingerprint density at radius 3 is 2.53 bits per heavy atom. The number of amides is 1. The minimum absolute atomic E-state index is 0.00446. The van der Waals surface area contributed by atoms with Crippen LogP contribution in [-0.2, 0) is 27.9 Å². The molecule has 1 unspecified atom stereocenters. The van der Waals surface area contributed by atoms with Crippen LogP contribution in [0.3, 0.4) is 0 Å². The highest BCUT2D eigenvalue weighted by molar-refractivity contribution is 8.27. The monoisotopic (exact) mass is 674 g/mol. The lowest BCUT2D eigenvalue weighted by Gasteiger charge is -2.36. The molecule has 3 aromatic rings. The third kappa shape index (κ3) is 6.19. The van der Waals surface area contributed by atoms with Crippen LogP contribution in [0, 0.1) is 31.1 Å². The molecule has 5 rings (SSSR count). The minimum Gasteiger partial charge on any atom is -0.466 e. The molecular weight excluding hydrogens is 637 g/mol. The molecule has 0 spiro atoms. The third-order valence-corrected chi connectivity index (χ3v) is 10.0. The lowest BCUT2D eigenvalue weighted by molar-refractivity contribution is -0.148. The Kier molecular flexibility index (Phi) is 10.2. The summed E-state index contributed by atoms with van der Waals surface area (Å²) in [6.07, 6.45) is 4.55. The van der Waals surface area contributed by atoms with Crippen LogP contribution in [0.2, 0.25) is 0 Å². The van der Waals surface area contributed by atoms with E-state index in [4.69, 9.17) is 17.0 Å². The largest absolute Gasteiger partial charge is 0.466 e. The van der Waals surface area contributed by atoms with Gasteiger partial charge in [0.05, 0.1) is 28.8 Å². The summed E-state index contributed by atoms with van der Waals surface area (Å²) in [6.45, 7) is 8.81. The Balaban J connectivity index is 1.65. The number of piperidine rings is 1. The number of pyridine rings is 1. The maximum absolute atomic E-state index is 14.2. The van der Waals surface area contributed by atoms with Gasteiger partial charge in [0.15, 0.2) is 4.32 Å². The second-order valence-electron chi connectivity index (χ2n) is 11.6. The molecule has 2 fully saturated rings. The molecule has 11 nitrogen and oxygen atoms in total. The molecule has 0 radical (unpaired) electrons. The predicted octanol–water partition coefficient (Wildman–Crippen LogP) is 4.81. The van der Waals surface area contributed by atoms with E-state index in [9.17, 15) is 24.4 Å². The van der Waals surface area contributed by atoms with Gasteiger partial charge in [-0.25, -0.2) is 4.68 Å². The molecule has 2 aliphatic rings. The zero-order chi connectivity index (χ0) is 34.0. The molecule has 1 atom stereocenters. The molecule has 0 aliphatic carbocycles. The number of aromatic nitrogens is 3. The van der Waals surface area contributed by atoms with Crippen LogP contribution in [-0.4, -0.2) is 49.8 Å². The van der Waals surface area contributed by atoms with Crippen molar-refractivity contribution in [3.8, 4) is 11.8 Å². The number of esters is 1. The molecular formula is C34H38N6O5S2. The molecule has 2 saturated heterocycles. The van der Waals surface area contributed by atoms with Crippen LogP contribution < -0.4 is 20.9 Å². The summed E-state index contributed by atoms with van der Waals surface area (Å²) in [5.74, 6) is -0.578. The number of hydrogen-bond acceptors (Lipinski definition) is 9. The summed E-state index contributed by atoms with van der Waals surface area (Å²) in [6, 6.07) is 11.2. The quantitative estimate of drug-likeness (QED) is 0.179. The van der Waals surface area contributed by atoms with Gasteiger partial charge in [-0.1, -0.05) is 55.5 Å². The van der Waals surface area contributed by atoms with Crippen molar-refractivity contribution < 1.29 is 14.3 Å². The van der Waals surface area contributed by atoms with Gasteiger partial charge in [-0.2, -0.15) is 5.26 Å². The Labute approximate surface area is 283 Å². The maximum atomic E-state index is 14.2. The topological polar surface area (TPSA) is 123 Å². The van der Waals surface area contributed by atoms with Crippen LogP contribution in [0.15, 0.2) is 44.8 Å². The number of carbonyl (C=O) groups excluding carboxylic acids is 2. The van der Waals surface area contributed by atoms with Gasteiger partial charge in [0.2, 0.25) is 0 Å². The number of anilines is 2. The maximum Gasteiger partial charge on any atom is 0.310 e. The molecule has 2 aliphatic heterocycles. The summed E-state index contributed by atoms with van der Waals surface area (Å²) >= 11 is 6.76. The van der Waals surface area contributed by atoms with E-state index in [1.807, 2.05) is 42.2 Å². The Morgan fingerprint density at radius 2 is 1.87 bits per heavy atom. The lowest BCUT2D eigenvalue weighted by atomic mass is 9.96. The highest BCUT2D eigenvalue weighted by atomic mass is 32.2. The fourth-order valence-corrected chi connectivity index (χ4v) is 7.49. The number of ether oxygens (including phenoxy) is 1. The standard InChI is InChI=1S/C34H38N6O5S2/c1-6-8-17-38-29(37-16-12-13-23(20-37)33(44)45-7-2)25(21(3)26(19-35)30(38)41)18-27-31(42)39(34(46)47-27)28-22(4)36(5)40(32(28)43)24-14-10-9-11-15-24/h9-11,14-15,18,23H,6-8,12-13,16-17,20H2,1-5H3. The van der Waals surface area contributed by atoms with Crippen molar-refractivity contribution in [1.82, 2.24) is 13.9 Å². The Bertz CT molecular complexity index is 1930. The first-order valence-corrected chi connectivity index (χ1v) is 17.0. The van der Waals surface area contributed by atoms with E-state index in [1.165, 1.54) is 9.58 Å². The normalized spacial score (nSPS) is 17.4. The number of nitrogens with zero attached hydrogens (tertiary/aromatic N) is 6. The number of carbonyl (C=O) groups is 2. The molecule has 4 heterocycles.